The maximum atomic E-state index is 13.5. The fourth-order valence-electron chi connectivity index (χ4n) is 3.79. The molecule has 0 fully saturated rings. The molecule has 3 aromatic rings. The number of pyridine rings is 2. The average molecular weight is 419 g/mol. The normalized spacial score (nSPS) is 13.5. The third-order valence-corrected chi connectivity index (χ3v) is 5.41. The first kappa shape index (κ1) is 20.7. The number of hydrogen-bond donors (Lipinski definition) is 0. The van der Waals surface area contributed by atoms with Crippen LogP contribution < -0.4 is 15.0 Å². The highest BCUT2D eigenvalue weighted by molar-refractivity contribution is 5.95. The van der Waals surface area contributed by atoms with E-state index in [-0.39, 0.29) is 17.0 Å². The number of ether oxygens (including phenoxy) is 2. The Balaban J connectivity index is 1.67. The molecule has 0 unspecified atom stereocenters. The Labute approximate surface area is 180 Å². The Morgan fingerprint density at radius 2 is 2.10 bits per heavy atom. The van der Waals surface area contributed by atoms with E-state index in [1.165, 1.54) is 0 Å². The Bertz CT molecular complexity index is 1140. The van der Waals surface area contributed by atoms with E-state index in [2.05, 4.69) is 4.98 Å². The van der Waals surface area contributed by atoms with Crippen molar-refractivity contribution in [2.45, 2.75) is 26.4 Å². The number of aryl methyl sites for hydroxylation is 1. The summed E-state index contributed by atoms with van der Waals surface area (Å²) in [5.74, 6) is 1.03. The smallest absolute Gasteiger partial charge is 0.263 e. The van der Waals surface area contributed by atoms with Gasteiger partial charge in [-0.3, -0.25) is 14.6 Å². The third kappa shape index (κ3) is 4.30. The monoisotopic (exact) mass is 419 g/mol. The van der Waals surface area contributed by atoms with Crippen LogP contribution in [-0.4, -0.2) is 40.6 Å². The van der Waals surface area contributed by atoms with Crippen molar-refractivity contribution in [3.63, 3.8) is 0 Å². The van der Waals surface area contributed by atoms with Gasteiger partial charge in [0.1, 0.15) is 5.56 Å². The van der Waals surface area contributed by atoms with Crippen molar-refractivity contribution in [1.29, 1.82) is 0 Å². The Kier molecular flexibility index (Phi) is 6.02. The van der Waals surface area contributed by atoms with Crippen molar-refractivity contribution >= 4 is 5.91 Å². The molecule has 0 spiro atoms. The lowest BCUT2D eigenvalue weighted by molar-refractivity contribution is 0.0718. The zero-order chi connectivity index (χ0) is 21.8. The van der Waals surface area contributed by atoms with Crippen molar-refractivity contribution in [3.05, 3.63) is 87.6 Å². The number of carbonyl (C=O) groups excluding carboxylic acids is 1. The maximum Gasteiger partial charge on any atom is 0.263 e. The molecule has 4 rings (SSSR count). The van der Waals surface area contributed by atoms with Gasteiger partial charge in [-0.2, -0.15) is 0 Å². The minimum atomic E-state index is -0.293. The second-order valence-corrected chi connectivity index (χ2v) is 7.55. The highest BCUT2D eigenvalue weighted by Crippen LogP contribution is 2.33. The second kappa shape index (κ2) is 9.04. The number of rotatable bonds is 4. The zero-order valence-corrected chi connectivity index (χ0v) is 17.7. The van der Waals surface area contributed by atoms with Crippen LogP contribution in [0.4, 0.5) is 0 Å². The highest BCUT2D eigenvalue weighted by Gasteiger charge is 2.25. The quantitative estimate of drug-likeness (QED) is 0.650. The SMILES string of the molecule is COc1cccc2c1OCCCN(C(=O)c1c(C)ccn(Cc3cccnc3)c1=O)C2. The lowest BCUT2D eigenvalue weighted by Gasteiger charge is -2.27. The summed E-state index contributed by atoms with van der Waals surface area (Å²) in [6, 6.07) is 11.2. The van der Waals surface area contributed by atoms with Gasteiger partial charge < -0.3 is 18.9 Å². The van der Waals surface area contributed by atoms with Gasteiger partial charge in [0.2, 0.25) is 0 Å². The van der Waals surface area contributed by atoms with Gasteiger partial charge >= 0.3 is 0 Å². The fraction of sp³-hybridized carbons (Fsp3) is 0.292. The summed E-state index contributed by atoms with van der Waals surface area (Å²) >= 11 is 0. The van der Waals surface area contributed by atoms with Gasteiger partial charge in [-0.05, 0) is 42.7 Å². The summed E-state index contributed by atoms with van der Waals surface area (Å²) in [6.45, 7) is 3.48. The number of para-hydroxylation sites is 1. The van der Waals surface area contributed by atoms with Gasteiger partial charge in [-0.1, -0.05) is 18.2 Å². The van der Waals surface area contributed by atoms with E-state index in [1.54, 1.807) is 42.1 Å². The molecule has 2 aromatic heterocycles. The number of methoxy groups -OCH3 is 1. The van der Waals surface area contributed by atoms with Crippen LogP contribution in [0.25, 0.3) is 0 Å². The van der Waals surface area contributed by atoms with E-state index in [9.17, 15) is 9.59 Å². The molecular weight excluding hydrogens is 394 g/mol. The van der Waals surface area contributed by atoms with Gasteiger partial charge in [0.15, 0.2) is 11.5 Å². The maximum absolute atomic E-state index is 13.5. The predicted molar refractivity (Wildman–Crippen MR) is 117 cm³/mol. The molecule has 0 aliphatic carbocycles. The Morgan fingerprint density at radius 1 is 1.23 bits per heavy atom. The number of carbonyl (C=O) groups is 1. The molecule has 7 heteroatoms. The van der Waals surface area contributed by atoms with Crippen LogP contribution in [0.3, 0.4) is 0 Å². The van der Waals surface area contributed by atoms with Gasteiger partial charge in [0, 0.05) is 37.2 Å². The minimum Gasteiger partial charge on any atom is -0.493 e. The largest absolute Gasteiger partial charge is 0.493 e. The average Bonchev–Trinajstić information content (AvgIpc) is 2.76. The first-order valence-corrected chi connectivity index (χ1v) is 10.3. The van der Waals surface area contributed by atoms with E-state index in [0.29, 0.717) is 49.7 Å². The molecule has 0 radical (unpaired) electrons. The predicted octanol–water partition coefficient (Wildman–Crippen LogP) is 3.03. The molecule has 1 aromatic carbocycles. The number of fused-ring (bicyclic) bond motifs is 1. The molecule has 3 heterocycles. The lowest BCUT2D eigenvalue weighted by Crippen LogP contribution is -2.39. The number of amides is 1. The number of nitrogens with zero attached hydrogens (tertiary/aromatic N) is 3. The molecule has 7 nitrogen and oxygen atoms in total. The minimum absolute atomic E-state index is 0.206. The summed E-state index contributed by atoms with van der Waals surface area (Å²) in [5, 5.41) is 0. The molecule has 0 saturated heterocycles. The van der Waals surface area contributed by atoms with Crippen molar-refractivity contribution in [1.82, 2.24) is 14.5 Å². The molecule has 0 atom stereocenters. The van der Waals surface area contributed by atoms with E-state index >= 15 is 0 Å². The molecule has 1 aliphatic rings. The molecule has 0 bridgehead atoms. The summed E-state index contributed by atoms with van der Waals surface area (Å²) in [6.07, 6.45) is 5.80. The summed E-state index contributed by atoms with van der Waals surface area (Å²) in [4.78, 5) is 32.6. The topological polar surface area (TPSA) is 73.7 Å². The van der Waals surface area contributed by atoms with Crippen LogP contribution in [0.15, 0.2) is 59.8 Å². The number of benzene rings is 1. The van der Waals surface area contributed by atoms with E-state index in [4.69, 9.17) is 9.47 Å². The summed E-state index contributed by atoms with van der Waals surface area (Å²) < 4.78 is 12.9. The first-order chi connectivity index (χ1) is 15.1. The van der Waals surface area contributed by atoms with Crippen LogP contribution in [0, 0.1) is 6.92 Å². The Hall–Kier alpha value is -3.61. The lowest BCUT2D eigenvalue weighted by atomic mass is 10.1. The molecule has 31 heavy (non-hydrogen) atoms. The molecule has 0 saturated carbocycles. The van der Waals surface area contributed by atoms with E-state index in [1.807, 2.05) is 36.4 Å². The van der Waals surface area contributed by atoms with Gasteiger partial charge in [0.05, 0.1) is 20.3 Å². The van der Waals surface area contributed by atoms with Crippen LogP contribution >= 0.6 is 0 Å². The van der Waals surface area contributed by atoms with Crippen molar-refractivity contribution in [2.75, 3.05) is 20.3 Å². The van der Waals surface area contributed by atoms with Gasteiger partial charge in [-0.25, -0.2) is 0 Å². The number of aromatic nitrogens is 2. The molecule has 160 valence electrons. The fourth-order valence-corrected chi connectivity index (χ4v) is 3.79. The van der Waals surface area contributed by atoms with Crippen LogP contribution in [0.2, 0.25) is 0 Å². The standard InChI is InChI=1S/C24H25N3O4/c1-17-9-12-27(15-18-6-4-10-25-14-18)24(29)21(17)23(28)26-11-5-13-31-22-19(16-26)7-3-8-20(22)30-2/h3-4,6-10,12,14H,5,11,13,15-16H2,1-2H3. The Morgan fingerprint density at radius 3 is 2.87 bits per heavy atom. The van der Waals surface area contributed by atoms with E-state index < -0.39 is 0 Å². The van der Waals surface area contributed by atoms with Crippen molar-refractivity contribution in [3.8, 4) is 11.5 Å². The first-order valence-electron chi connectivity index (χ1n) is 10.3. The summed E-state index contributed by atoms with van der Waals surface area (Å²) in [7, 11) is 1.60. The second-order valence-electron chi connectivity index (χ2n) is 7.55. The molecule has 0 N–H and O–H groups in total. The number of hydrogen-bond acceptors (Lipinski definition) is 5. The van der Waals surface area contributed by atoms with Gasteiger partial charge in [-0.15, -0.1) is 0 Å². The van der Waals surface area contributed by atoms with Crippen LogP contribution in [0.5, 0.6) is 11.5 Å². The van der Waals surface area contributed by atoms with E-state index in [0.717, 1.165) is 11.1 Å². The zero-order valence-electron chi connectivity index (χ0n) is 17.7. The molecule has 1 amide bonds. The van der Waals surface area contributed by atoms with Crippen molar-refractivity contribution < 1.29 is 14.3 Å². The van der Waals surface area contributed by atoms with Gasteiger partial charge in [0.25, 0.3) is 11.5 Å². The third-order valence-electron chi connectivity index (χ3n) is 5.41. The summed E-state index contributed by atoms with van der Waals surface area (Å²) in [5.41, 5.74) is 2.34. The molecule has 1 aliphatic heterocycles. The van der Waals surface area contributed by atoms with Crippen LogP contribution in [0.1, 0.15) is 33.5 Å². The van der Waals surface area contributed by atoms with Crippen LogP contribution in [-0.2, 0) is 13.1 Å². The highest BCUT2D eigenvalue weighted by atomic mass is 16.5. The van der Waals surface area contributed by atoms with Crippen molar-refractivity contribution in [2.24, 2.45) is 0 Å². The molecular formula is C24H25N3O4.